The van der Waals surface area contributed by atoms with Gasteiger partial charge < -0.3 is 24.4 Å². The van der Waals surface area contributed by atoms with Crippen molar-refractivity contribution in [1.82, 2.24) is 5.43 Å². The summed E-state index contributed by atoms with van der Waals surface area (Å²) in [5.74, 6) is 2.54. The van der Waals surface area contributed by atoms with Crippen molar-refractivity contribution in [2.24, 2.45) is 5.10 Å². The third-order valence-electron chi connectivity index (χ3n) is 3.53. The van der Waals surface area contributed by atoms with Crippen molar-refractivity contribution in [2.45, 2.75) is 6.54 Å². The Labute approximate surface area is 152 Å². The summed E-state index contributed by atoms with van der Waals surface area (Å²) in [6, 6.07) is 9.14. The molecule has 25 heavy (non-hydrogen) atoms. The van der Waals surface area contributed by atoms with Gasteiger partial charge in [-0.15, -0.1) is 0 Å². The molecule has 0 unspecified atom stereocenters. The van der Waals surface area contributed by atoms with Crippen LogP contribution < -0.4 is 24.4 Å². The fraction of sp³-hybridized carbons (Fsp3) is 0.278. The van der Waals surface area contributed by atoms with Crippen LogP contribution in [-0.4, -0.2) is 34.7 Å². The Morgan fingerprint density at radius 1 is 0.880 bits per heavy atom. The number of nitrogens with zero attached hydrogens (tertiary/aromatic N) is 1. The Kier molecular flexibility index (Phi) is 6.77. The number of rotatable bonds is 8. The van der Waals surface area contributed by atoms with E-state index in [1.165, 1.54) is 0 Å². The molecule has 2 aromatic rings. The Hall–Kier alpha value is -2.60. The van der Waals surface area contributed by atoms with E-state index in [1.807, 2.05) is 18.2 Å². The molecule has 0 atom stereocenters. The second-order valence-corrected chi connectivity index (χ2v) is 5.42. The second-order valence-electron chi connectivity index (χ2n) is 5.01. The predicted octanol–water partition coefficient (Wildman–Crippen LogP) is 3.50. The molecule has 0 amide bonds. The molecule has 0 aliphatic heterocycles. The fourth-order valence-electron chi connectivity index (χ4n) is 2.23. The summed E-state index contributed by atoms with van der Waals surface area (Å²) >= 11 is 6.14. The van der Waals surface area contributed by atoms with Crippen LogP contribution in [-0.2, 0) is 6.54 Å². The molecule has 0 spiro atoms. The first kappa shape index (κ1) is 18.7. The average Bonchev–Trinajstić information content (AvgIpc) is 2.65. The third kappa shape index (κ3) is 4.70. The number of ether oxygens (including phenoxy) is 4. The molecule has 134 valence electrons. The minimum absolute atomic E-state index is 0.490. The van der Waals surface area contributed by atoms with Gasteiger partial charge in [-0.25, -0.2) is 0 Å². The molecule has 0 heterocycles. The smallest absolute Gasteiger partial charge is 0.161 e. The lowest BCUT2D eigenvalue weighted by molar-refractivity contribution is 0.354. The summed E-state index contributed by atoms with van der Waals surface area (Å²) < 4.78 is 21.0. The van der Waals surface area contributed by atoms with Crippen molar-refractivity contribution in [3.05, 3.63) is 46.5 Å². The third-order valence-corrected chi connectivity index (χ3v) is 3.83. The van der Waals surface area contributed by atoms with Gasteiger partial charge in [0.05, 0.1) is 46.2 Å². The normalized spacial score (nSPS) is 10.6. The van der Waals surface area contributed by atoms with Gasteiger partial charge in [0.2, 0.25) is 0 Å². The fourth-order valence-corrected chi connectivity index (χ4v) is 2.48. The standard InChI is InChI=1S/C18H21ClN2O4/c1-22-15-6-5-12(7-18(15)25-4)10-20-21-11-13-8-14(19)17(24-3)9-16(13)23-2/h5-9,11,20H,10H2,1-4H3/b21-11-. The van der Waals surface area contributed by atoms with Gasteiger partial charge in [0.25, 0.3) is 0 Å². The van der Waals surface area contributed by atoms with Crippen molar-refractivity contribution in [3.8, 4) is 23.0 Å². The zero-order chi connectivity index (χ0) is 18.2. The van der Waals surface area contributed by atoms with Crippen LogP contribution in [0.4, 0.5) is 0 Å². The van der Waals surface area contributed by atoms with E-state index in [4.69, 9.17) is 30.5 Å². The highest BCUT2D eigenvalue weighted by atomic mass is 35.5. The number of halogens is 1. The summed E-state index contributed by atoms with van der Waals surface area (Å²) in [4.78, 5) is 0. The molecule has 0 aromatic heterocycles. The quantitative estimate of drug-likeness (QED) is 0.574. The summed E-state index contributed by atoms with van der Waals surface area (Å²) in [5.41, 5.74) is 4.73. The number of hydrazone groups is 1. The van der Waals surface area contributed by atoms with Gasteiger partial charge in [-0.2, -0.15) is 5.10 Å². The van der Waals surface area contributed by atoms with Gasteiger partial charge in [0, 0.05) is 11.6 Å². The number of hydrogen-bond acceptors (Lipinski definition) is 6. The predicted molar refractivity (Wildman–Crippen MR) is 98.5 cm³/mol. The number of nitrogens with one attached hydrogen (secondary N) is 1. The van der Waals surface area contributed by atoms with Gasteiger partial charge >= 0.3 is 0 Å². The molecule has 0 fully saturated rings. The topological polar surface area (TPSA) is 61.3 Å². The number of methoxy groups -OCH3 is 4. The SMILES string of the molecule is COc1cc(OC)c(/C=N\NCc2ccc(OC)c(OC)c2)cc1Cl. The molecule has 0 saturated heterocycles. The lowest BCUT2D eigenvalue weighted by atomic mass is 10.2. The van der Waals surface area contributed by atoms with Crippen LogP contribution in [0.25, 0.3) is 0 Å². The van der Waals surface area contributed by atoms with E-state index in [0.717, 1.165) is 11.1 Å². The number of benzene rings is 2. The Bertz CT molecular complexity index is 750. The van der Waals surface area contributed by atoms with Crippen LogP contribution in [0.2, 0.25) is 5.02 Å². The molecular formula is C18H21ClN2O4. The van der Waals surface area contributed by atoms with Gasteiger partial charge in [0.15, 0.2) is 11.5 Å². The van der Waals surface area contributed by atoms with E-state index in [0.29, 0.717) is 34.6 Å². The van der Waals surface area contributed by atoms with E-state index in [9.17, 15) is 0 Å². The van der Waals surface area contributed by atoms with Gasteiger partial charge in [-0.05, 0) is 23.8 Å². The first-order valence-corrected chi connectivity index (χ1v) is 7.89. The Morgan fingerprint density at radius 3 is 2.20 bits per heavy atom. The monoisotopic (exact) mass is 364 g/mol. The maximum atomic E-state index is 6.14. The molecular weight excluding hydrogens is 344 g/mol. The van der Waals surface area contributed by atoms with Crippen molar-refractivity contribution < 1.29 is 18.9 Å². The summed E-state index contributed by atoms with van der Waals surface area (Å²) in [6.07, 6.45) is 1.64. The molecule has 1 N–H and O–H groups in total. The Balaban J connectivity index is 2.05. The number of hydrogen-bond donors (Lipinski definition) is 1. The van der Waals surface area contributed by atoms with Crippen LogP contribution in [0.3, 0.4) is 0 Å². The van der Waals surface area contributed by atoms with Crippen molar-refractivity contribution in [2.75, 3.05) is 28.4 Å². The minimum atomic E-state index is 0.490. The molecule has 0 aliphatic carbocycles. The van der Waals surface area contributed by atoms with Gasteiger partial charge in [-0.3, -0.25) is 0 Å². The lowest BCUT2D eigenvalue weighted by Crippen LogP contribution is -2.06. The van der Waals surface area contributed by atoms with Crippen molar-refractivity contribution >= 4 is 17.8 Å². The van der Waals surface area contributed by atoms with Crippen LogP contribution in [0.5, 0.6) is 23.0 Å². The van der Waals surface area contributed by atoms with Crippen molar-refractivity contribution in [3.63, 3.8) is 0 Å². The molecule has 0 bridgehead atoms. The highest BCUT2D eigenvalue weighted by molar-refractivity contribution is 6.32. The Morgan fingerprint density at radius 2 is 1.56 bits per heavy atom. The maximum Gasteiger partial charge on any atom is 0.161 e. The highest BCUT2D eigenvalue weighted by Crippen LogP contribution is 2.31. The van der Waals surface area contributed by atoms with Crippen LogP contribution in [0.1, 0.15) is 11.1 Å². The van der Waals surface area contributed by atoms with E-state index >= 15 is 0 Å². The van der Waals surface area contributed by atoms with Crippen molar-refractivity contribution in [1.29, 1.82) is 0 Å². The van der Waals surface area contributed by atoms with E-state index < -0.39 is 0 Å². The largest absolute Gasteiger partial charge is 0.496 e. The lowest BCUT2D eigenvalue weighted by Gasteiger charge is -2.10. The zero-order valence-electron chi connectivity index (χ0n) is 14.6. The average molecular weight is 365 g/mol. The molecule has 2 rings (SSSR count). The molecule has 2 aromatic carbocycles. The van der Waals surface area contributed by atoms with Crippen LogP contribution in [0, 0.1) is 0 Å². The van der Waals surface area contributed by atoms with Crippen LogP contribution >= 0.6 is 11.6 Å². The first-order valence-electron chi connectivity index (χ1n) is 7.51. The maximum absolute atomic E-state index is 6.14. The molecule has 0 aliphatic rings. The zero-order valence-corrected chi connectivity index (χ0v) is 15.4. The first-order chi connectivity index (χ1) is 12.1. The summed E-state index contributed by atoms with van der Waals surface area (Å²) in [7, 11) is 6.34. The van der Waals surface area contributed by atoms with Crippen LogP contribution in [0.15, 0.2) is 35.4 Å². The molecule has 7 heteroatoms. The summed E-state index contributed by atoms with van der Waals surface area (Å²) in [5, 5.41) is 4.70. The van der Waals surface area contributed by atoms with E-state index in [-0.39, 0.29) is 0 Å². The highest BCUT2D eigenvalue weighted by Gasteiger charge is 2.08. The second kappa shape index (κ2) is 9.03. The van der Waals surface area contributed by atoms with E-state index in [1.54, 1.807) is 46.8 Å². The van der Waals surface area contributed by atoms with Gasteiger partial charge in [-0.1, -0.05) is 17.7 Å². The van der Waals surface area contributed by atoms with Gasteiger partial charge in [0.1, 0.15) is 11.5 Å². The summed E-state index contributed by atoms with van der Waals surface area (Å²) in [6.45, 7) is 0.531. The molecule has 6 nitrogen and oxygen atoms in total. The minimum Gasteiger partial charge on any atom is -0.496 e. The molecule has 0 radical (unpaired) electrons. The van der Waals surface area contributed by atoms with E-state index in [2.05, 4.69) is 10.5 Å². The molecule has 0 saturated carbocycles.